The van der Waals surface area contributed by atoms with Crippen molar-refractivity contribution in [2.75, 3.05) is 0 Å². The fraction of sp³-hybridized carbons (Fsp3) is 0.235. The number of fused-ring (bicyclic) bond motifs is 10. The van der Waals surface area contributed by atoms with E-state index < -0.39 is 0 Å². The topological polar surface area (TPSA) is 38.6 Å². The summed E-state index contributed by atoms with van der Waals surface area (Å²) in [5, 5.41) is 11.0. The summed E-state index contributed by atoms with van der Waals surface area (Å²) in [6.45, 7) is 4.70. The summed E-state index contributed by atoms with van der Waals surface area (Å²) in [4.78, 5) is 0. The monoisotopic (exact) mass is 712 g/mol. The highest BCUT2D eigenvalue weighted by Gasteiger charge is 2.36. The molecule has 0 bridgehead atoms. The molecule has 0 N–H and O–H groups in total. The van der Waals surface area contributed by atoms with Gasteiger partial charge in [-0.05, 0) is 134 Å². The van der Waals surface area contributed by atoms with Gasteiger partial charge in [0.05, 0.1) is 16.9 Å². The van der Waals surface area contributed by atoms with Crippen LogP contribution in [-0.2, 0) is 32.1 Å². The molecule has 3 aromatic carbocycles. The molecular formula is C51H44N4. The number of hydrogen-bond acceptors (Lipinski definition) is 1. The minimum absolute atomic E-state index is 0.403. The Kier molecular flexibility index (Phi) is 7.36. The maximum absolute atomic E-state index is 11.0. The van der Waals surface area contributed by atoms with Crippen molar-refractivity contribution in [1.82, 2.24) is 13.7 Å². The van der Waals surface area contributed by atoms with E-state index in [4.69, 9.17) is 0 Å². The quantitative estimate of drug-likeness (QED) is 0.179. The van der Waals surface area contributed by atoms with Crippen LogP contribution in [-0.4, -0.2) is 13.7 Å². The predicted molar refractivity (Wildman–Crippen MR) is 226 cm³/mol. The summed E-state index contributed by atoms with van der Waals surface area (Å²) < 4.78 is 7.61. The van der Waals surface area contributed by atoms with Crippen LogP contribution in [0.1, 0.15) is 101 Å². The van der Waals surface area contributed by atoms with Crippen LogP contribution >= 0.6 is 0 Å². The lowest BCUT2D eigenvalue weighted by Gasteiger charge is -2.24. The lowest BCUT2D eigenvalue weighted by Crippen LogP contribution is -2.13. The highest BCUT2D eigenvalue weighted by Crippen LogP contribution is 2.50. The molecule has 0 aliphatic heterocycles. The van der Waals surface area contributed by atoms with Crippen molar-refractivity contribution in [2.45, 2.75) is 71.1 Å². The number of aromatic nitrogens is 3. The van der Waals surface area contributed by atoms with E-state index in [1.54, 1.807) is 0 Å². The summed E-state index contributed by atoms with van der Waals surface area (Å²) in [7, 11) is 0. The number of nitriles is 1. The molecule has 5 aliphatic rings. The first-order valence-corrected chi connectivity index (χ1v) is 20.3. The van der Waals surface area contributed by atoms with Crippen molar-refractivity contribution in [3.63, 3.8) is 0 Å². The van der Waals surface area contributed by atoms with E-state index in [-0.39, 0.29) is 0 Å². The Bertz CT molecular complexity index is 2740. The molecule has 2 atom stereocenters. The average Bonchev–Trinajstić information content (AvgIpc) is 3.86. The molecule has 0 spiro atoms. The van der Waals surface area contributed by atoms with Crippen LogP contribution in [0.25, 0.3) is 63.8 Å². The van der Waals surface area contributed by atoms with Gasteiger partial charge in [-0.2, -0.15) is 5.26 Å². The second kappa shape index (κ2) is 12.5. The van der Waals surface area contributed by atoms with Gasteiger partial charge in [0, 0.05) is 56.5 Å². The summed E-state index contributed by atoms with van der Waals surface area (Å²) in [6, 6.07) is 29.0. The van der Waals surface area contributed by atoms with Crippen LogP contribution < -0.4 is 0 Å². The zero-order valence-electron chi connectivity index (χ0n) is 31.6. The molecule has 0 fully saturated rings. The molecule has 4 nitrogen and oxygen atoms in total. The Hall–Kier alpha value is -6.05. The molecule has 11 rings (SSSR count). The van der Waals surface area contributed by atoms with Crippen molar-refractivity contribution in [3.8, 4) is 45.5 Å². The lowest BCUT2D eigenvalue weighted by molar-refractivity contribution is 0.688. The minimum Gasteiger partial charge on any atom is -0.317 e. The number of rotatable bonds is 4. The molecule has 0 radical (unpaired) electrons. The maximum Gasteiger partial charge on any atom is 0.101 e. The van der Waals surface area contributed by atoms with E-state index in [2.05, 4.69) is 149 Å². The first-order valence-electron chi connectivity index (χ1n) is 20.3. The van der Waals surface area contributed by atoms with Gasteiger partial charge in [-0.15, -0.1) is 0 Å². The highest BCUT2D eigenvalue weighted by molar-refractivity contribution is 5.90. The van der Waals surface area contributed by atoms with E-state index in [9.17, 15) is 5.26 Å². The summed E-state index contributed by atoms with van der Waals surface area (Å²) in [5.74, 6) is 0.911. The van der Waals surface area contributed by atoms with Crippen LogP contribution in [0.4, 0.5) is 0 Å². The molecular weight excluding hydrogens is 669 g/mol. The number of benzene rings is 3. The smallest absolute Gasteiger partial charge is 0.101 e. The molecule has 268 valence electrons. The Labute approximate surface area is 323 Å². The normalized spacial score (nSPS) is 18.6. The molecule has 2 unspecified atom stereocenters. The first-order chi connectivity index (χ1) is 27.1. The van der Waals surface area contributed by atoms with Crippen molar-refractivity contribution in [2.24, 2.45) is 5.92 Å². The van der Waals surface area contributed by atoms with Gasteiger partial charge in [0.2, 0.25) is 0 Å². The van der Waals surface area contributed by atoms with Crippen molar-refractivity contribution in [1.29, 1.82) is 5.26 Å². The van der Waals surface area contributed by atoms with Gasteiger partial charge in [0.15, 0.2) is 0 Å². The van der Waals surface area contributed by atoms with Crippen molar-refractivity contribution in [3.05, 3.63) is 159 Å². The second-order valence-corrected chi connectivity index (χ2v) is 16.2. The van der Waals surface area contributed by atoms with Gasteiger partial charge in [0.1, 0.15) is 6.07 Å². The number of para-hydroxylation sites is 2. The van der Waals surface area contributed by atoms with Crippen LogP contribution in [0, 0.1) is 17.2 Å². The molecule has 5 aliphatic carbocycles. The van der Waals surface area contributed by atoms with E-state index in [0.717, 1.165) is 68.2 Å². The van der Waals surface area contributed by atoms with Gasteiger partial charge in [0.25, 0.3) is 0 Å². The second-order valence-electron chi connectivity index (χ2n) is 16.2. The van der Waals surface area contributed by atoms with E-state index in [1.807, 2.05) is 6.07 Å². The van der Waals surface area contributed by atoms with Crippen LogP contribution in [0.2, 0.25) is 0 Å². The Morgan fingerprint density at radius 1 is 0.655 bits per heavy atom. The molecule has 0 saturated heterocycles. The van der Waals surface area contributed by atoms with E-state index in [0.29, 0.717) is 17.4 Å². The van der Waals surface area contributed by atoms with E-state index in [1.165, 1.54) is 78.9 Å². The van der Waals surface area contributed by atoms with E-state index >= 15 is 0 Å². The molecule has 0 saturated carbocycles. The summed E-state index contributed by atoms with van der Waals surface area (Å²) in [6.07, 6.45) is 27.1. The zero-order valence-corrected chi connectivity index (χ0v) is 31.6. The number of hydrogen-bond donors (Lipinski definition) is 0. The standard InChI is InChI=1S/C51H44N4/c1-32-25-26-39-40-27-28-46-49(42-20-7-9-23-44(42)53(46)36-16-4-3-5-17-36)51(40)55(47(39)29-32)50-35(31-52)15-12-21-38(50)34-14-11-18-37(30-34)54-43-22-8-6-19-41(43)48-33(2)13-10-24-45(48)54/h3-5,7-8,10-12,14-18,20-22,24-26,30,32-33H,6,9,13,19,23,27-29H2,1-2H3. The maximum atomic E-state index is 11.0. The summed E-state index contributed by atoms with van der Waals surface area (Å²) >= 11 is 0. The van der Waals surface area contributed by atoms with Gasteiger partial charge in [-0.25, -0.2) is 0 Å². The molecule has 55 heavy (non-hydrogen) atoms. The van der Waals surface area contributed by atoms with Gasteiger partial charge in [-0.1, -0.05) is 92.8 Å². The Morgan fingerprint density at radius 3 is 2.36 bits per heavy atom. The third kappa shape index (κ3) is 4.75. The number of allylic oxidation sites excluding steroid dienone is 4. The fourth-order valence-corrected chi connectivity index (χ4v) is 10.6. The minimum atomic E-state index is 0.403. The molecule has 3 aromatic heterocycles. The summed E-state index contributed by atoms with van der Waals surface area (Å²) in [5.41, 5.74) is 22.9. The van der Waals surface area contributed by atoms with Gasteiger partial charge >= 0.3 is 0 Å². The molecule has 3 heterocycles. The molecule has 6 aromatic rings. The third-order valence-electron chi connectivity index (χ3n) is 12.9. The average molecular weight is 713 g/mol. The third-order valence-corrected chi connectivity index (χ3v) is 12.9. The zero-order chi connectivity index (χ0) is 36.8. The SMILES string of the molecule is CC1C=Cc2c3c(n(-c4c(C#N)cccc4-c4cccc(-n5c6c(c7c5C=CCC7C)CCC=C6)c4)c2C1)-c1c2c(n(-c4ccccc4)c1CC3)CCC=C2. The fourth-order valence-electron chi connectivity index (χ4n) is 10.6. The molecule has 0 amide bonds. The van der Waals surface area contributed by atoms with Crippen LogP contribution in [0.15, 0.2) is 97.1 Å². The van der Waals surface area contributed by atoms with Crippen molar-refractivity contribution < 1.29 is 0 Å². The first kappa shape index (κ1) is 32.4. The van der Waals surface area contributed by atoms with Crippen LogP contribution in [0.5, 0.6) is 0 Å². The van der Waals surface area contributed by atoms with Gasteiger partial charge in [-0.3, -0.25) is 0 Å². The Balaban J connectivity index is 1.18. The van der Waals surface area contributed by atoms with Crippen molar-refractivity contribution >= 4 is 24.3 Å². The number of nitrogens with zero attached hydrogens (tertiary/aromatic N) is 4. The van der Waals surface area contributed by atoms with Crippen LogP contribution in [0.3, 0.4) is 0 Å². The lowest BCUT2D eigenvalue weighted by atomic mass is 9.87. The Morgan fingerprint density at radius 2 is 1.47 bits per heavy atom. The molecule has 4 heteroatoms. The largest absolute Gasteiger partial charge is 0.317 e. The van der Waals surface area contributed by atoms with Gasteiger partial charge < -0.3 is 13.7 Å². The highest BCUT2D eigenvalue weighted by atomic mass is 15.1. The predicted octanol–water partition coefficient (Wildman–Crippen LogP) is 12.0.